The van der Waals surface area contributed by atoms with Crippen LogP contribution in [0.4, 0.5) is 5.69 Å². The monoisotopic (exact) mass is 369 g/mol. The van der Waals surface area contributed by atoms with Crippen molar-refractivity contribution >= 4 is 29.1 Å². The van der Waals surface area contributed by atoms with Crippen molar-refractivity contribution in [1.82, 2.24) is 5.16 Å². The lowest BCUT2D eigenvalue weighted by Crippen LogP contribution is -2.13. The Hall–Kier alpha value is -3.12. The van der Waals surface area contributed by atoms with E-state index in [0.717, 1.165) is 5.56 Å². The predicted molar refractivity (Wildman–Crippen MR) is 99.3 cm³/mol. The van der Waals surface area contributed by atoms with Crippen LogP contribution < -0.4 is 11.1 Å². The molecule has 3 aromatic rings. The Bertz CT molecular complexity index is 1010. The molecule has 26 heavy (non-hydrogen) atoms. The highest BCUT2D eigenvalue weighted by Crippen LogP contribution is 2.32. The molecular weight excluding hydrogens is 354 g/mol. The largest absolute Gasteiger partial charge is 0.364 e. The second-order valence-electron chi connectivity index (χ2n) is 5.82. The van der Waals surface area contributed by atoms with Crippen LogP contribution in [0.5, 0.6) is 0 Å². The van der Waals surface area contributed by atoms with Crippen LogP contribution in [-0.2, 0) is 0 Å². The first kappa shape index (κ1) is 17.7. The zero-order valence-electron chi connectivity index (χ0n) is 14.2. The highest BCUT2D eigenvalue weighted by atomic mass is 35.5. The van der Waals surface area contributed by atoms with Crippen LogP contribution in [-0.4, -0.2) is 17.0 Å². The third kappa shape index (κ3) is 3.45. The molecule has 0 aliphatic heterocycles. The third-order valence-electron chi connectivity index (χ3n) is 3.95. The van der Waals surface area contributed by atoms with Crippen LogP contribution in [0.3, 0.4) is 0 Å². The summed E-state index contributed by atoms with van der Waals surface area (Å²) in [5.74, 6) is -0.496. The van der Waals surface area contributed by atoms with Crippen LogP contribution in [0.1, 0.15) is 32.2 Å². The fourth-order valence-corrected chi connectivity index (χ4v) is 2.85. The van der Waals surface area contributed by atoms with Gasteiger partial charge in [-0.15, -0.1) is 0 Å². The fraction of sp³-hybridized carbons (Fsp3) is 0.105. The number of amides is 2. The van der Waals surface area contributed by atoms with Crippen molar-refractivity contribution in [3.8, 4) is 11.1 Å². The lowest BCUT2D eigenvalue weighted by atomic mass is 9.98. The first-order valence-electron chi connectivity index (χ1n) is 7.81. The number of hydrogen-bond acceptors (Lipinski definition) is 4. The molecule has 0 unspecified atom stereocenters. The summed E-state index contributed by atoms with van der Waals surface area (Å²) in [5.41, 5.74) is 8.56. The molecule has 6 nitrogen and oxygen atoms in total. The van der Waals surface area contributed by atoms with E-state index in [1.807, 2.05) is 13.0 Å². The van der Waals surface area contributed by atoms with Gasteiger partial charge in [-0.25, -0.2) is 0 Å². The van der Waals surface area contributed by atoms with Crippen molar-refractivity contribution in [3.63, 3.8) is 0 Å². The highest BCUT2D eigenvalue weighted by Gasteiger charge is 2.21. The second-order valence-corrected chi connectivity index (χ2v) is 6.26. The summed E-state index contributed by atoms with van der Waals surface area (Å²) < 4.78 is 5.12. The molecule has 2 aromatic carbocycles. The molecule has 0 atom stereocenters. The molecule has 0 radical (unpaired) electrons. The first-order valence-corrected chi connectivity index (χ1v) is 8.18. The number of carbonyl (C=O) groups is 2. The van der Waals surface area contributed by atoms with Gasteiger partial charge in [-0.05, 0) is 55.3 Å². The highest BCUT2D eigenvalue weighted by molar-refractivity contribution is 6.31. The van der Waals surface area contributed by atoms with E-state index in [1.165, 1.54) is 0 Å². The number of rotatable bonds is 4. The minimum Gasteiger partial charge on any atom is -0.364 e. The van der Waals surface area contributed by atoms with E-state index in [0.29, 0.717) is 33.2 Å². The molecule has 1 aromatic heterocycles. The van der Waals surface area contributed by atoms with Crippen molar-refractivity contribution in [3.05, 3.63) is 70.1 Å². The molecule has 0 fully saturated rings. The number of nitrogens with zero attached hydrogens (tertiary/aromatic N) is 1. The average Bonchev–Trinajstić information content (AvgIpc) is 2.98. The number of aryl methyl sites for hydroxylation is 2. The molecule has 0 saturated heterocycles. The molecule has 3 rings (SSSR count). The van der Waals surface area contributed by atoms with Crippen molar-refractivity contribution < 1.29 is 14.1 Å². The van der Waals surface area contributed by atoms with Crippen LogP contribution in [0.15, 0.2) is 47.0 Å². The summed E-state index contributed by atoms with van der Waals surface area (Å²) in [6, 6.07) is 12.0. The van der Waals surface area contributed by atoms with Crippen molar-refractivity contribution in [2.75, 3.05) is 5.32 Å². The van der Waals surface area contributed by atoms with Crippen molar-refractivity contribution in [2.45, 2.75) is 13.8 Å². The SMILES string of the molecule is Cc1ccc(NC(=O)c2cccc(Cl)c2)cc1-c1c(C(N)=O)noc1C. The quantitative estimate of drug-likeness (QED) is 0.727. The maximum atomic E-state index is 12.4. The topological polar surface area (TPSA) is 98.2 Å². The number of carbonyl (C=O) groups excluding carboxylic acids is 2. The summed E-state index contributed by atoms with van der Waals surface area (Å²) in [6.07, 6.45) is 0. The van der Waals surface area contributed by atoms with E-state index in [-0.39, 0.29) is 11.6 Å². The Morgan fingerprint density at radius 2 is 1.92 bits per heavy atom. The van der Waals surface area contributed by atoms with Gasteiger partial charge in [0.1, 0.15) is 5.76 Å². The van der Waals surface area contributed by atoms with Crippen LogP contribution in [0.2, 0.25) is 5.02 Å². The number of primary amides is 1. The van der Waals surface area contributed by atoms with Crippen LogP contribution in [0, 0.1) is 13.8 Å². The second kappa shape index (κ2) is 7.01. The predicted octanol–water partition coefficient (Wildman–Crippen LogP) is 3.96. The Balaban J connectivity index is 1.98. The standard InChI is InChI=1S/C19H16ClN3O3/c1-10-6-7-14(22-19(25)12-4-3-5-13(20)8-12)9-15(10)16-11(2)26-23-17(16)18(21)24/h3-9H,1-2H3,(H2,21,24)(H,22,25). The van der Waals surface area contributed by atoms with E-state index in [9.17, 15) is 9.59 Å². The molecule has 3 N–H and O–H groups in total. The number of aromatic nitrogens is 1. The van der Waals surface area contributed by atoms with E-state index < -0.39 is 5.91 Å². The van der Waals surface area contributed by atoms with E-state index in [2.05, 4.69) is 10.5 Å². The van der Waals surface area contributed by atoms with Gasteiger partial charge in [0.25, 0.3) is 11.8 Å². The molecule has 132 valence electrons. The van der Waals surface area contributed by atoms with Crippen LogP contribution in [0.25, 0.3) is 11.1 Å². The lowest BCUT2D eigenvalue weighted by molar-refractivity contribution is 0.0990. The van der Waals surface area contributed by atoms with Crippen molar-refractivity contribution in [2.24, 2.45) is 5.73 Å². The first-order chi connectivity index (χ1) is 12.4. The number of nitrogens with two attached hydrogens (primary N) is 1. The van der Waals surface area contributed by atoms with Gasteiger partial charge in [0.15, 0.2) is 5.69 Å². The summed E-state index contributed by atoms with van der Waals surface area (Å²) in [5, 5.41) is 7.03. The molecule has 2 amide bonds. The maximum Gasteiger partial charge on any atom is 0.271 e. The van der Waals surface area contributed by atoms with Gasteiger partial charge in [-0.1, -0.05) is 28.9 Å². The summed E-state index contributed by atoms with van der Waals surface area (Å²) in [6.45, 7) is 3.58. The zero-order valence-corrected chi connectivity index (χ0v) is 14.9. The molecule has 1 heterocycles. The zero-order chi connectivity index (χ0) is 18.8. The fourth-order valence-electron chi connectivity index (χ4n) is 2.66. The molecule has 0 aliphatic rings. The Morgan fingerprint density at radius 3 is 2.62 bits per heavy atom. The minimum absolute atomic E-state index is 0.0592. The van der Waals surface area contributed by atoms with Crippen molar-refractivity contribution in [1.29, 1.82) is 0 Å². The maximum absolute atomic E-state index is 12.4. The number of hydrogen-bond donors (Lipinski definition) is 2. The number of halogens is 1. The molecular formula is C19H16ClN3O3. The summed E-state index contributed by atoms with van der Waals surface area (Å²) in [4.78, 5) is 24.0. The van der Waals surface area contributed by atoms with Gasteiger partial charge < -0.3 is 15.6 Å². The molecule has 0 bridgehead atoms. The summed E-state index contributed by atoms with van der Waals surface area (Å²) in [7, 11) is 0. The third-order valence-corrected chi connectivity index (χ3v) is 4.18. The molecule has 0 saturated carbocycles. The number of anilines is 1. The van der Waals surface area contributed by atoms with Crippen LogP contribution >= 0.6 is 11.6 Å². The Kier molecular flexibility index (Phi) is 4.77. The van der Waals surface area contributed by atoms with Gasteiger partial charge >= 0.3 is 0 Å². The van der Waals surface area contributed by atoms with Gasteiger partial charge in [0.2, 0.25) is 0 Å². The van der Waals surface area contributed by atoms with Gasteiger partial charge in [-0.3, -0.25) is 9.59 Å². The lowest BCUT2D eigenvalue weighted by Gasteiger charge is -2.10. The van der Waals surface area contributed by atoms with E-state index >= 15 is 0 Å². The molecule has 0 aliphatic carbocycles. The van der Waals surface area contributed by atoms with Gasteiger partial charge in [-0.2, -0.15) is 0 Å². The van der Waals surface area contributed by atoms with Gasteiger partial charge in [0.05, 0.1) is 5.56 Å². The Morgan fingerprint density at radius 1 is 1.15 bits per heavy atom. The smallest absolute Gasteiger partial charge is 0.271 e. The van der Waals surface area contributed by atoms with E-state index in [1.54, 1.807) is 43.3 Å². The average molecular weight is 370 g/mol. The summed E-state index contributed by atoms with van der Waals surface area (Å²) >= 11 is 5.93. The molecule has 0 spiro atoms. The molecule has 7 heteroatoms. The normalized spacial score (nSPS) is 10.6. The van der Waals surface area contributed by atoms with E-state index in [4.69, 9.17) is 21.9 Å². The number of nitrogens with one attached hydrogen (secondary N) is 1. The van der Waals surface area contributed by atoms with Gasteiger partial charge in [0, 0.05) is 16.3 Å². The number of benzene rings is 2. The Labute approximate surface area is 154 Å². The minimum atomic E-state index is -0.676.